The quantitative estimate of drug-likeness (QED) is 0.365. The Hall–Kier alpha value is -3.83. The number of carbonyl (C=O) groups excluding carboxylic acids is 1. The molecule has 1 saturated carbocycles. The molecule has 1 spiro atoms. The maximum atomic E-state index is 14.2. The fourth-order valence-corrected chi connectivity index (χ4v) is 7.02. The van der Waals surface area contributed by atoms with Crippen molar-refractivity contribution in [3.8, 4) is 17.2 Å². The summed E-state index contributed by atoms with van der Waals surface area (Å²) >= 11 is 0. The van der Waals surface area contributed by atoms with E-state index in [2.05, 4.69) is 37.1 Å². The van der Waals surface area contributed by atoms with Crippen molar-refractivity contribution in [1.82, 2.24) is 30.1 Å². The molecule has 7 rings (SSSR count). The van der Waals surface area contributed by atoms with Gasteiger partial charge in [-0.05, 0) is 90.9 Å². The fourth-order valence-electron chi connectivity index (χ4n) is 7.02. The van der Waals surface area contributed by atoms with Crippen LogP contribution in [0.15, 0.2) is 43.0 Å². The molecule has 3 aromatic rings. The van der Waals surface area contributed by atoms with Gasteiger partial charge in [-0.2, -0.15) is 0 Å². The van der Waals surface area contributed by atoms with Gasteiger partial charge in [-0.15, -0.1) is 0 Å². The van der Waals surface area contributed by atoms with E-state index in [1.807, 2.05) is 33.0 Å². The lowest BCUT2D eigenvalue weighted by Gasteiger charge is -2.59. The van der Waals surface area contributed by atoms with Crippen molar-refractivity contribution in [2.45, 2.75) is 71.6 Å². The third-order valence-corrected chi connectivity index (χ3v) is 9.46. The molecular formula is C35H46FN7O3. The minimum absolute atomic E-state index is 0.0305. The second kappa shape index (κ2) is 13.9. The molecule has 46 heavy (non-hydrogen) atoms. The van der Waals surface area contributed by atoms with Gasteiger partial charge in [-0.3, -0.25) is 9.78 Å². The van der Waals surface area contributed by atoms with E-state index in [1.54, 1.807) is 11.1 Å². The summed E-state index contributed by atoms with van der Waals surface area (Å²) in [5, 5.41) is 3.22. The van der Waals surface area contributed by atoms with Gasteiger partial charge in [0, 0.05) is 68.1 Å². The molecule has 0 unspecified atom stereocenters. The Bertz CT molecular complexity index is 1510. The Labute approximate surface area is 271 Å². The summed E-state index contributed by atoms with van der Waals surface area (Å²) < 4.78 is 26.9. The lowest BCUT2D eigenvalue weighted by Crippen LogP contribution is -2.65. The molecule has 0 bridgehead atoms. The number of likely N-dealkylation sites (N-methyl/N-ethyl adjacent to an activating group) is 1. The van der Waals surface area contributed by atoms with Gasteiger partial charge in [0.15, 0.2) is 11.6 Å². The summed E-state index contributed by atoms with van der Waals surface area (Å²) in [6.45, 7) is 12.3. The molecule has 4 aliphatic rings. The van der Waals surface area contributed by atoms with E-state index in [9.17, 15) is 9.18 Å². The second-order valence-corrected chi connectivity index (χ2v) is 13.3. The number of carbonyl (C=O) groups is 1. The molecular weight excluding hydrogens is 585 g/mol. The number of ether oxygens (including phenoxy) is 2. The van der Waals surface area contributed by atoms with Crippen molar-refractivity contribution in [2.75, 3.05) is 51.2 Å². The Kier molecular flexibility index (Phi) is 9.70. The Morgan fingerprint density at radius 2 is 1.91 bits per heavy atom. The molecule has 0 atom stereocenters. The van der Waals surface area contributed by atoms with Gasteiger partial charge >= 0.3 is 0 Å². The molecule has 11 heteroatoms. The first-order valence-electron chi connectivity index (χ1n) is 16.6. The predicted molar refractivity (Wildman–Crippen MR) is 175 cm³/mol. The van der Waals surface area contributed by atoms with Crippen LogP contribution in [0.1, 0.15) is 68.1 Å². The summed E-state index contributed by atoms with van der Waals surface area (Å²) in [4.78, 5) is 32.7. The summed E-state index contributed by atoms with van der Waals surface area (Å²) in [7, 11) is 2.13. The van der Waals surface area contributed by atoms with Crippen LogP contribution in [0.2, 0.25) is 0 Å². The van der Waals surface area contributed by atoms with E-state index in [-0.39, 0.29) is 34.8 Å². The number of fused-ring (bicyclic) bond motifs is 1. The molecule has 1 N–H and O–H groups in total. The molecule has 10 nitrogen and oxygen atoms in total. The smallest absolute Gasteiger partial charge is 0.257 e. The van der Waals surface area contributed by atoms with E-state index in [0.717, 1.165) is 56.9 Å². The number of benzene rings is 1. The Morgan fingerprint density at radius 3 is 2.61 bits per heavy atom. The number of amides is 1. The fraction of sp³-hybridized carbons (Fsp3) is 0.543. The normalized spacial score (nSPS) is 18.7. The van der Waals surface area contributed by atoms with Gasteiger partial charge in [0.25, 0.3) is 5.91 Å². The zero-order chi connectivity index (χ0) is 32.3. The third-order valence-electron chi connectivity index (χ3n) is 9.46. The molecule has 1 amide bonds. The van der Waals surface area contributed by atoms with Crippen LogP contribution in [-0.2, 0) is 13.0 Å². The van der Waals surface area contributed by atoms with Crippen molar-refractivity contribution in [3.05, 3.63) is 65.6 Å². The van der Waals surface area contributed by atoms with Crippen LogP contribution in [0.3, 0.4) is 0 Å². The standard InChI is InChI=1S/C31H37FN6O3.C4H9N/c1-5-38(20(2)3)30(39)23-12-21(32)6-7-26(23)41-28-15-33-19-35-29(28)37-17-31(18-37)13-22(14-31)40-27-8-10-34-25-9-11-36(4)16-24(25)27;1-2-4-5-3-1/h6-8,10,12,15,19-20,22H,5,9,11,13-14,16-18H2,1-4H3;5H,1-4H2. The Morgan fingerprint density at radius 1 is 1.13 bits per heavy atom. The monoisotopic (exact) mass is 631 g/mol. The Balaban J connectivity index is 0.000000679. The SMILES string of the molecule is C1CCNC1.CCN(C(=O)c1cc(F)ccc1Oc1cncnc1N1CC2(CC(Oc3ccnc4c3CN(C)CC4)C2)C1)C(C)C. The van der Waals surface area contributed by atoms with Crippen LogP contribution in [0.4, 0.5) is 10.2 Å². The van der Waals surface area contributed by atoms with E-state index >= 15 is 0 Å². The van der Waals surface area contributed by atoms with Crippen LogP contribution < -0.4 is 19.7 Å². The highest BCUT2D eigenvalue weighted by Gasteiger charge is 2.54. The second-order valence-electron chi connectivity index (χ2n) is 13.3. The average Bonchev–Trinajstić information content (AvgIpc) is 3.60. The van der Waals surface area contributed by atoms with E-state index in [1.165, 1.54) is 56.0 Å². The summed E-state index contributed by atoms with van der Waals surface area (Å²) in [5.41, 5.74) is 2.73. The molecule has 3 fully saturated rings. The van der Waals surface area contributed by atoms with Gasteiger partial charge in [0.05, 0.1) is 11.8 Å². The maximum Gasteiger partial charge on any atom is 0.257 e. The van der Waals surface area contributed by atoms with Crippen LogP contribution >= 0.6 is 0 Å². The minimum Gasteiger partial charge on any atom is -0.490 e. The van der Waals surface area contributed by atoms with Crippen LogP contribution in [0.5, 0.6) is 17.2 Å². The topological polar surface area (TPSA) is 96.0 Å². The number of hydrogen-bond acceptors (Lipinski definition) is 9. The highest BCUT2D eigenvalue weighted by Crippen LogP contribution is 2.52. The number of halogens is 1. The molecule has 5 heterocycles. The van der Waals surface area contributed by atoms with Crippen LogP contribution in [-0.4, -0.2) is 89.1 Å². The maximum absolute atomic E-state index is 14.2. The van der Waals surface area contributed by atoms with E-state index < -0.39 is 5.82 Å². The molecule has 3 aliphatic heterocycles. The van der Waals surface area contributed by atoms with E-state index in [4.69, 9.17) is 9.47 Å². The largest absolute Gasteiger partial charge is 0.490 e. The molecule has 2 saturated heterocycles. The number of rotatable bonds is 8. The first kappa shape index (κ1) is 32.1. The summed E-state index contributed by atoms with van der Waals surface area (Å²) in [6, 6.07) is 5.99. The number of nitrogens with zero attached hydrogens (tertiary/aromatic N) is 6. The number of aromatic nitrogens is 3. The average molecular weight is 632 g/mol. The number of anilines is 1. The lowest BCUT2D eigenvalue weighted by molar-refractivity contribution is -0.0352. The van der Waals surface area contributed by atoms with Crippen LogP contribution in [0, 0.1) is 11.2 Å². The molecule has 1 aliphatic carbocycles. The minimum atomic E-state index is -0.490. The zero-order valence-electron chi connectivity index (χ0n) is 27.5. The highest BCUT2D eigenvalue weighted by atomic mass is 19.1. The van der Waals surface area contributed by atoms with Gasteiger partial charge < -0.3 is 29.5 Å². The number of pyridine rings is 1. The van der Waals surface area contributed by atoms with E-state index in [0.29, 0.717) is 18.1 Å². The van der Waals surface area contributed by atoms with Gasteiger partial charge in [0.1, 0.15) is 29.7 Å². The van der Waals surface area contributed by atoms with Crippen molar-refractivity contribution in [1.29, 1.82) is 0 Å². The van der Waals surface area contributed by atoms with Crippen molar-refractivity contribution < 1.29 is 18.7 Å². The molecule has 246 valence electrons. The summed E-state index contributed by atoms with van der Waals surface area (Å²) in [6.07, 6.45) is 10.8. The molecule has 1 aromatic carbocycles. The van der Waals surface area contributed by atoms with Crippen molar-refractivity contribution in [3.63, 3.8) is 0 Å². The van der Waals surface area contributed by atoms with Crippen molar-refractivity contribution in [2.24, 2.45) is 5.41 Å². The van der Waals surface area contributed by atoms with Crippen molar-refractivity contribution >= 4 is 11.7 Å². The first-order valence-corrected chi connectivity index (χ1v) is 16.6. The predicted octanol–water partition coefficient (Wildman–Crippen LogP) is 5.08. The molecule has 0 radical (unpaired) electrons. The van der Waals surface area contributed by atoms with Gasteiger partial charge in [-0.25, -0.2) is 14.4 Å². The summed E-state index contributed by atoms with van der Waals surface area (Å²) in [5.74, 6) is 1.59. The third kappa shape index (κ3) is 6.95. The number of nitrogens with one attached hydrogen (secondary N) is 1. The highest BCUT2D eigenvalue weighted by molar-refractivity contribution is 5.97. The van der Waals surface area contributed by atoms with Gasteiger partial charge in [0.2, 0.25) is 0 Å². The first-order chi connectivity index (χ1) is 22.2. The number of hydrogen-bond donors (Lipinski definition) is 1. The van der Waals surface area contributed by atoms with Gasteiger partial charge in [-0.1, -0.05) is 0 Å². The van der Waals surface area contributed by atoms with Crippen LogP contribution in [0.25, 0.3) is 0 Å². The molecule has 2 aromatic heterocycles. The lowest BCUT2D eigenvalue weighted by atomic mass is 9.61. The zero-order valence-corrected chi connectivity index (χ0v) is 27.5.